The summed E-state index contributed by atoms with van der Waals surface area (Å²) in [6, 6.07) is 17.9. The van der Waals surface area contributed by atoms with Crippen molar-refractivity contribution in [2.45, 2.75) is 16.6 Å². The number of rotatable bonds is 3. The maximum absolute atomic E-state index is 8.74. The molecule has 2 aromatic rings. The van der Waals surface area contributed by atoms with E-state index in [4.69, 9.17) is 10.00 Å². The molecule has 1 aliphatic rings. The number of thioether (sulfide) groups is 1. The first kappa shape index (κ1) is 12.1. The fourth-order valence-electron chi connectivity index (χ4n) is 2.16. The van der Waals surface area contributed by atoms with Gasteiger partial charge in [-0.05, 0) is 42.3 Å². The molecule has 0 aromatic heterocycles. The topological polar surface area (TPSA) is 33.0 Å². The SMILES string of the molecule is N#Cc1ccc(OCC2Cc3ccccc3S2)cc1. The van der Waals surface area contributed by atoms with Gasteiger partial charge in [0.15, 0.2) is 0 Å². The number of ether oxygens (including phenoxy) is 1. The number of benzene rings is 2. The summed E-state index contributed by atoms with van der Waals surface area (Å²) in [7, 11) is 0. The Morgan fingerprint density at radius 3 is 2.68 bits per heavy atom. The highest BCUT2D eigenvalue weighted by Crippen LogP contribution is 2.36. The first-order valence-electron chi connectivity index (χ1n) is 6.22. The van der Waals surface area contributed by atoms with Crippen molar-refractivity contribution >= 4 is 11.8 Å². The first-order chi connectivity index (χ1) is 9.35. The predicted molar refractivity (Wildman–Crippen MR) is 76.4 cm³/mol. The summed E-state index contributed by atoms with van der Waals surface area (Å²) in [4.78, 5) is 1.37. The fourth-order valence-corrected chi connectivity index (χ4v) is 3.38. The Bertz CT molecular complexity index is 590. The van der Waals surface area contributed by atoms with Crippen LogP contribution < -0.4 is 4.74 Å². The molecule has 0 saturated carbocycles. The third kappa shape index (κ3) is 2.74. The molecule has 94 valence electrons. The molecule has 1 atom stereocenters. The fraction of sp³-hybridized carbons (Fsp3) is 0.188. The lowest BCUT2D eigenvalue weighted by Gasteiger charge is -2.10. The molecule has 0 radical (unpaired) electrons. The third-order valence-electron chi connectivity index (χ3n) is 3.13. The highest BCUT2D eigenvalue weighted by molar-refractivity contribution is 8.00. The largest absolute Gasteiger partial charge is 0.492 e. The second kappa shape index (κ2) is 5.38. The molecular weight excluding hydrogens is 254 g/mol. The van der Waals surface area contributed by atoms with E-state index in [1.54, 1.807) is 12.1 Å². The molecule has 3 rings (SSSR count). The van der Waals surface area contributed by atoms with Crippen molar-refractivity contribution in [3.63, 3.8) is 0 Å². The van der Waals surface area contributed by atoms with Gasteiger partial charge in [0, 0.05) is 10.1 Å². The van der Waals surface area contributed by atoms with Crippen molar-refractivity contribution in [1.82, 2.24) is 0 Å². The van der Waals surface area contributed by atoms with E-state index in [0.29, 0.717) is 17.4 Å². The summed E-state index contributed by atoms with van der Waals surface area (Å²) in [5, 5.41) is 9.22. The second-order valence-corrected chi connectivity index (χ2v) is 5.84. The number of nitriles is 1. The van der Waals surface area contributed by atoms with Crippen LogP contribution in [0.3, 0.4) is 0 Å². The highest BCUT2D eigenvalue weighted by Gasteiger charge is 2.22. The number of nitrogens with zero attached hydrogens (tertiary/aromatic N) is 1. The van der Waals surface area contributed by atoms with Crippen molar-refractivity contribution in [3.05, 3.63) is 59.7 Å². The Hall–Kier alpha value is -1.92. The summed E-state index contributed by atoms with van der Waals surface area (Å²) in [6.07, 6.45) is 1.07. The summed E-state index contributed by atoms with van der Waals surface area (Å²) in [5.74, 6) is 0.829. The third-order valence-corrected chi connectivity index (χ3v) is 4.42. The van der Waals surface area contributed by atoms with Gasteiger partial charge >= 0.3 is 0 Å². The Balaban J connectivity index is 1.58. The van der Waals surface area contributed by atoms with Gasteiger partial charge < -0.3 is 4.74 Å². The molecule has 0 amide bonds. The lowest BCUT2D eigenvalue weighted by atomic mass is 10.1. The van der Waals surface area contributed by atoms with Crippen LogP contribution in [0.25, 0.3) is 0 Å². The van der Waals surface area contributed by atoms with E-state index in [0.717, 1.165) is 12.2 Å². The molecule has 2 aromatic carbocycles. The highest BCUT2D eigenvalue weighted by atomic mass is 32.2. The number of hydrogen-bond donors (Lipinski definition) is 0. The first-order valence-corrected chi connectivity index (χ1v) is 7.10. The average Bonchev–Trinajstić information content (AvgIpc) is 2.88. The van der Waals surface area contributed by atoms with Gasteiger partial charge in [-0.15, -0.1) is 11.8 Å². The van der Waals surface area contributed by atoms with Crippen molar-refractivity contribution in [1.29, 1.82) is 5.26 Å². The van der Waals surface area contributed by atoms with Gasteiger partial charge in [0.05, 0.1) is 11.6 Å². The van der Waals surface area contributed by atoms with Crippen LogP contribution in [0.1, 0.15) is 11.1 Å². The Labute approximate surface area is 117 Å². The molecule has 0 spiro atoms. The van der Waals surface area contributed by atoms with Gasteiger partial charge in [0.25, 0.3) is 0 Å². The van der Waals surface area contributed by atoms with Crippen LogP contribution in [0, 0.1) is 11.3 Å². The molecule has 1 unspecified atom stereocenters. The minimum atomic E-state index is 0.480. The van der Waals surface area contributed by atoms with Crippen LogP contribution in [0.5, 0.6) is 5.75 Å². The summed E-state index contributed by atoms with van der Waals surface area (Å²) >= 11 is 1.89. The Morgan fingerprint density at radius 1 is 1.16 bits per heavy atom. The molecular formula is C16H13NOS. The van der Waals surface area contributed by atoms with Crippen molar-refractivity contribution in [2.24, 2.45) is 0 Å². The van der Waals surface area contributed by atoms with E-state index in [9.17, 15) is 0 Å². The van der Waals surface area contributed by atoms with Crippen LogP contribution in [0.15, 0.2) is 53.4 Å². The van der Waals surface area contributed by atoms with Gasteiger partial charge in [-0.1, -0.05) is 18.2 Å². The van der Waals surface area contributed by atoms with E-state index in [1.807, 2.05) is 23.9 Å². The number of fused-ring (bicyclic) bond motifs is 1. The van der Waals surface area contributed by atoms with Gasteiger partial charge in [-0.25, -0.2) is 0 Å². The summed E-state index contributed by atoms with van der Waals surface area (Å²) in [6.45, 7) is 0.700. The molecule has 19 heavy (non-hydrogen) atoms. The summed E-state index contributed by atoms with van der Waals surface area (Å²) in [5.41, 5.74) is 2.08. The zero-order chi connectivity index (χ0) is 13.1. The molecule has 1 heterocycles. The minimum absolute atomic E-state index is 0.480. The van der Waals surface area contributed by atoms with E-state index in [1.165, 1.54) is 10.5 Å². The normalized spacial score (nSPS) is 16.7. The van der Waals surface area contributed by atoms with Crippen LogP contribution in [0.2, 0.25) is 0 Å². The molecule has 3 heteroatoms. The standard InChI is InChI=1S/C16H13NOS/c17-10-12-5-7-14(8-6-12)18-11-15-9-13-3-1-2-4-16(13)19-15/h1-8,15H,9,11H2. The van der Waals surface area contributed by atoms with Crippen LogP contribution in [-0.4, -0.2) is 11.9 Å². The van der Waals surface area contributed by atoms with Crippen molar-refractivity contribution in [2.75, 3.05) is 6.61 Å². The zero-order valence-electron chi connectivity index (χ0n) is 10.4. The van der Waals surface area contributed by atoms with Gasteiger partial charge in [0.2, 0.25) is 0 Å². The van der Waals surface area contributed by atoms with Gasteiger partial charge in [0.1, 0.15) is 12.4 Å². The number of hydrogen-bond acceptors (Lipinski definition) is 3. The maximum atomic E-state index is 8.74. The molecule has 0 saturated heterocycles. The maximum Gasteiger partial charge on any atom is 0.119 e. The van der Waals surface area contributed by atoms with Crippen molar-refractivity contribution < 1.29 is 4.74 Å². The summed E-state index contributed by atoms with van der Waals surface area (Å²) < 4.78 is 5.79. The second-order valence-electron chi connectivity index (χ2n) is 4.50. The smallest absolute Gasteiger partial charge is 0.119 e. The monoisotopic (exact) mass is 267 g/mol. The van der Waals surface area contributed by atoms with Crippen LogP contribution in [-0.2, 0) is 6.42 Å². The van der Waals surface area contributed by atoms with Gasteiger partial charge in [-0.3, -0.25) is 0 Å². The predicted octanol–water partition coefficient (Wildman–Crippen LogP) is 3.65. The van der Waals surface area contributed by atoms with Gasteiger partial charge in [-0.2, -0.15) is 5.26 Å². The zero-order valence-corrected chi connectivity index (χ0v) is 11.2. The van der Waals surface area contributed by atoms with Crippen LogP contribution in [0.4, 0.5) is 0 Å². The average molecular weight is 267 g/mol. The van der Waals surface area contributed by atoms with E-state index in [2.05, 4.69) is 30.3 Å². The van der Waals surface area contributed by atoms with E-state index >= 15 is 0 Å². The molecule has 0 aliphatic carbocycles. The van der Waals surface area contributed by atoms with Crippen LogP contribution >= 0.6 is 11.8 Å². The molecule has 0 bridgehead atoms. The lowest BCUT2D eigenvalue weighted by Crippen LogP contribution is -2.13. The van der Waals surface area contributed by atoms with E-state index < -0.39 is 0 Å². The Morgan fingerprint density at radius 2 is 1.95 bits per heavy atom. The minimum Gasteiger partial charge on any atom is -0.492 e. The Kier molecular flexibility index (Phi) is 3.43. The molecule has 2 nitrogen and oxygen atoms in total. The lowest BCUT2D eigenvalue weighted by molar-refractivity contribution is 0.317. The quantitative estimate of drug-likeness (QED) is 0.851. The molecule has 0 fully saturated rings. The molecule has 0 N–H and O–H groups in total. The van der Waals surface area contributed by atoms with E-state index in [-0.39, 0.29) is 0 Å². The van der Waals surface area contributed by atoms with Crippen molar-refractivity contribution in [3.8, 4) is 11.8 Å². The molecule has 1 aliphatic heterocycles.